The Balaban J connectivity index is 2.19. The molecular formula is C13H13ClN2O2S. The lowest BCUT2D eigenvalue weighted by Gasteiger charge is -2.20. The first-order chi connectivity index (χ1) is 8.97. The summed E-state index contributed by atoms with van der Waals surface area (Å²) in [5.41, 5.74) is 7.33. The van der Waals surface area contributed by atoms with Crippen LogP contribution >= 0.6 is 22.9 Å². The van der Waals surface area contributed by atoms with Gasteiger partial charge in [0, 0.05) is 11.9 Å². The minimum atomic E-state index is -0.981. The summed E-state index contributed by atoms with van der Waals surface area (Å²) in [5.74, 6) is -0.981. The molecule has 1 aromatic carbocycles. The molecule has 0 unspecified atom stereocenters. The molecule has 2 aromatic rings. The fraction of sp³-hybridized carbons (Fsp3) is 0.154. The Labute approximate surface area is 120 Å². The lowest BCUT2D eigenvalue weighted by molar-refractivity contribution is 0.0697. The minimum absolute atomic E-state index is 0.189. The highest BCUT2D eigenvalue weighted by Gasteiger charge is 2.10. The second kappa shape index (κ2) is 5.50. The van der Waals surface area contributed by atoms with E-state index in [0.717, 1.165) is 14.9 Å². The van der Waals surface area contributed by atoms with Crippen LogP contribution in [0.15, 0.2) is 30.3 Å². The predicted molar refractivity (Wildman–Crippen MR) is 79.2 cm³/mol. The van der Waals surface area contributed by atoms with Gasteiger partial charge in [-0.1, -0.05) is 11.6 Å². The molecule has 0 aliphatic heterocycles. The summed E-state index contributed by atoms with van der Waals surface area (Å²) in [5, 5.41) is 8.89. The van der Waals surface area contributed by atoms with Crippen molar-refractivity contribution in [2.75, 3.05) is 17.7 Å². The Morgan fingerprint density at radius 3 is 2.68 bits per heavy atom. The van der Waals surface area contributed by atoms with Crippen LogP contribution in [0.1, 0.15) is 15.2 Å². The first-order valence-electron chi connectivity index (χ1n) is 5.55. The maximum atomic E-state index is 10.8. The second-order valence-electron chi connectivity index (χ2n) is 4.14. The average molecular weight is 297 g/mol. The molecule has 0 aliphatic rings. The van der Waals surface area contributed by atoms with Gasteiger partial charge in [0.2, 0.25) is 0 Å². The van der Waals surface area contributed by atoms with Crippen molar-refractivity contribution in [3.63, 3.8) is 0 Å². The van der Waals surface area contributed by atoms with Gasteiger partial charge in [-0.15, -0.1) is 11.3 Å². The topological polar surface area (TPSA) is 66.6 Å². The van der Waals surface area contributed by atoms with E-state index in [-0.39, 0.29) is 5.56 Å². The van der Waals surface area contributed by atoms with Gasteiger partial charge in [-0.3, -0.25) is 0 Å². The van der Waals surface area contributed by atoms with Gasteiger partial charge in [-0.2, -0.15) is 0 Å². The van der Waals surface area contributed by atoms with Crippen molar-refractivity contribution in [1.29, 1.82) is 0 Å². The fourth-order valence-corrected chi connectivity index (χ4v) is 2.93. The number of hydrogen-bond acceptors (Lipinski definition) is 4. The molecule has 3 N–H and O–H groups in total. The Bertz CT molecular complexity index is 612. The van der Waals surface area contributed by atoms with Crippen molar-refractivity contribution >= 4 is 40.3 Å². The maximum Gasteiger partial charge on any atom is 0.335 e. The number of carbonyl (C=O) groups is 1. The standard InChI is InChI=1S/C13H13ClN2O2S/c1-16(7-9-3-5-12(14)19-9)11-4-2-8(13(17)18)6-10(11)15/h2-6H,7,15H2,1H3,(H,17,18). The summed E-state index contributed by atoms with van der Waals surface area (Å²) in [6.07, 6.45) is 0. The van der Waals surface area contributed by atoms with E-state index in [4.69, 9.17) is 22.4 Å². The van der Waals surface area contributed by atoms with Crippen LogP contribution in [-0.4, -0.2) is 18.1 Å². The van der Waals surface area contributed by atoms with Crippen LogP contribution in [0.5, 0.6) is 0 Å². The lowest BCUT2D eigenvalue weighted by atomic mass is 10.1. The normalized spacial score (nSPS) is 10.4. The highest BCUT2D eigenvalue weighted by Crippen LogP contribution is 2.28. The van der Waals surface area contributed by atoms with Gasteiger partial charge in [0.1, 0.15) is 0 Å². The van der Waals surface area contributed by atoms with Crippen molar-refractivity contribution in [2.45, 2.75) is 6.54 Å². The number of nitrogen functional groups attached to an aromatic ring is 1. The molecule has 0 amide bonds. The monoisotopic (exact) mass is 296 g/mol. The second-order valence-corrected chi connectivity index (χ2v) is 5.94. The molecule has 1 aromatic heterocycles. The molecule has 0 spiro atoms. The number of carboxylic acid groups (broad SMARTS) is 1. The molecule has 1 heterocycles. The predicted octanol–water partition coefficient (Wildman–Crippen LogP) is 3.32. The van der Waals surface area contributed by atoms with Crippen LogP contribution in [0.4, 0.5) is 11.4 Å². The molecule has 0 aliphatic carbocycles. The largest absolute Gasteiger partial charge is 0.478 e. The van der Waals surface area contributed by atoms with Crippen LogP contribution in [0.3, 0.4) is 0 Å². The molecule has 19 heavy (non-hydrogen) atoms. The van der Waals surface area contributed by atoms with E-state index >= 15 is 0 Å². The molecule has 0 bridgehead atoms. The molecule has 0 saturated heterocycles. The quantitative estimate of drug-likeness (QED) is 0.849. The van der Waals surface area contributed by atoms with E-state index in [0.29, 0.717) is 12.2 Å². The highest BCUT2D eigenvalue weighted by molar-refractivity contribution is 7.16. The number of anilines is 2. The molecular weight excluding hydrogens is 284 g/mol. The van der Waals surface area contributed by atoms with Gasteiger partial charge in [0.15, 0.2) is 0 Å². The molecule has 0 atom stereocenters. The van der Waals surface area contributed by atoms with Crippen molar-refractivity contribution < 1.29 is 9.90 Å². The number of benzene rings is 1. The van der Waals surface area contributed by atoms with E-state index in [9.17, 15) is 4.79 Å². The fourth-order valence-electron chi connectivity index (χ4n) is 1.79. The average Bonchev–Trinajstić information content (AvgIpc) is 2.74. The van der Waals surface area contributed by atoms with E-state index in [1.165, 1.54) is 17.4 Å². The molecule has 100 valence electrons. The van der Waals surface area contributed by atoms with Crippen LogP contribution in [-0.2, 0) is 6.54 Å². The summed E-state index contributed by atoms with van der Waals surface area (Å²) >= 11 is 7.40. The van der Waals surface area contributed by atoms with E-state index < -0.39 is 5.97 Å². The van der Waals surface area contributed by atoms with Gasteiger partial charge in [0.25, 0.3) is 0 Å². The number of halogens is 1. The van der Waals surface area contributed by atoms with Crippen LogP contribution in [0.25, 0.3) is 0 Å². The third kappa shape index (κ3) is 3.19. The first kappa shape index (κ1) is 13.7. The Morgan fingerprint density at radius 1 is 1.42 bits per heavy atom. The van der Waals surface area contributed by atoms with Crippen molar-refractivity contribution in [2.24, 2.45) is 0 Å². The zero-order valence-electron chi connectivity index (χ0n) is 10.3. The van der Waals surface area contributed by atoms with Crippen LogP contribution in [0, 0.1) is 0 Å². The maximum absolute atomic E-state index is 10.8. The molecule has 4 nitrogen and oxygen atoms in total. The lowest BCUT2D eigenvalue weighted by Crippen LogP contribution is -2.17. The molecule has 6 heteroatoms. The summed E-state index contributed by atoms with van der Waals surface area (Å²) in [6.45, 7) is 0.675. The third-order valence-electron chi connectivity index (χ3n) is 2.71. The number of nitrogens with zero attached hydrogens (tertiary/aromatic N) is 1. The molecule has 0 fully saturated rings. The third-order valence-corrected chi connectivity index (χ3v) is 3.92. The van der Waals surface area contributed by atoms with E-state index in [1.54, 1.807) is 12.1 Å². The summed E-state index contributed by atoms with van der Waals surface area (Å²) in [7, 11) is 1.90. The van der Waals surface area contributed by atoms with Crippen LogP contribution in [0.2, 0.25) is 4.34 Å². The number of rotatable bonds is 4. The zero-order valence-corrected chi connectivity index (χ0v) is 11.8. The minimum Gasteiger partial charge on any atom is -0.478 e. The van der Waals surface area contributed by atoms with E-state index in [1.807, 2.05) is 24.1 Å². The Hall–Kier alpha value is -1.72. The van der Waals surface area contributed by atoms with Crippen LogP contribution < -0.4 is 10.6 Å². The number of aromatic carboxylic acids is 1. The summed E-state index contributed by atoms with van der Waals surface area (Å²) < 4.78 is 0.748. The van der Waals surface area contributed by atoms with Crippen molar-refractivity contribution in [3.8, 4) is 0 Å². The number of thiophene rings is 1. The number of nitrogens with two attached hydrogens (primary N) is 1. The SMILES string of the molecule is CN(Cc1ccc(Cl)s1)c1ccc(C(=O)O)cc1N. The highest BCUT2D eigenvalue weighted by atomic mass is 35.5. The smallest absolute Gasteiger partial charge is 0.335 e. The number of carboxylic acids is 1. The van der Waals surface area contributed by atoms with Gasteiger partial charge < -0.3 is 15.7 Å². The van der Waals surface area contributed by atoms with Gasteiger partial charge in [-0.25, -0.2) is 4.79 Å². The van der Waals surface area contributed by atoms with Gasteiger partial charge in [-0.05, 0) is 30.3 Å². The van der Waals surface area contributed by atoms with Gasteiger partial charge >= 0.3 is 5.97 Å². The van der Waals surface area contributed by atoms with Crippen molar-refractivity contribution in [1.82, 2.24) is 0 Å². The Kier molecular flexibility index (Phi) is 3.97. The number of hydrogen-bond donors (Lipinski definition) is 2. The molecule has 0 saturated carbocycles. The molecule has 2 rings (SSSR count). The zero-order chi connectivity index (χ0) is 14.0. The van der Waals surface area contributed by atoms with Gasteiger partial charge in [0.05, 0.1) is 27.8 Å². The first-order valence-corrected chi connectivity index (χ1v) is 6.75. The summed E-state index contributed by atoms with van der Waals surface area (Å²) in [4.78, 5) is 13.9. The summed E-state index contributed by atoms with van der Waals surface area (Å²) in [6, 6.07) is 8.55. The Morgan fingerprint density at radius 2 is 2.16 bits per heavy atom. The van der Waals surface area contributed by atoms with E-state index in [2.05, 4.69) is 0 Å². The molecule has 0 radical (unpaired) electrons. The van der Waals surface area contributed by atoms with Crippen molar-refractivity contribution in [3.05, 3.63) is 45.1 Å².